The van der Waals surface area contributed by atoms with Gasteiger partial charge in [-0.15, -0.1) is 0 Å². The summed E-state index contributed by atoms with van der Waals surface area (Å²) >= 11 is 0. The van der Waals surface area contributed by atoms with Gasteiger partial charge in [0.15, 0.2) is 11.5 Å². The molecule has 2 amide bonds. The molecule has 0 saturated carbocycles. The molecule has 2 heterocycles. The van der Waals surface area contributed by atoms with E-state index in [2.05, 4.69) is 10.2 Å². The van der Waals surface area contributed by atoms with Crippen molar-refractivity contribution in [2.75, 3.05) is 40.4 Å². The Balaban J connectivity index is 1.52. The number of amides is 2. The van der Waals surface area contributed by atoms with Crippen LogP contribution < -0.4 is 14.8 Å². The van der Waals surface area contributed by atoms with Gasteiger partial charge in [-0.3, -0.25) is 9.59 Å². The molecule has 4 rings (SSSR count). The third-order valence-corrected chi connectivity index (χ3v) is 6.29. The predicted molar refractivity (Wildman–Crippen MR) is 126 cm³/mol. The number of nitrogens with zero attached hydrogens (tertiary/aromatic N) is 2. The summed E-state index contributed by atoms with van der Waals surface area (Å²) in [4.78, 5) is 30.5. The quantitative estimate of drug-likeness (QED) is 0.703. The molecule has 0 radical (unpaired) electrons. The maximum absolute atomic E-state index is 13.3. The number of methoxy groups -OCH3 is 2. The van der Waals surface area contributed by atoms with Crippen molar-refractivity contribution in [3.05, 3.63) is 70.9 Å². The van der Waals surface area contributed by atoms with Gasteiger partial charge in [0.1, 0.15) is 0 Å². The maximum atomic E-state index is 13.3. The summed E-state index contributed by atoms with van der Waals surface area (Å²) in [5.41, 5.74) is 3.33. The van der Waals surface area contributed by atoms with Crippen LogP contribution in [0.3, 0.4) is 0 Å². The maximum Gasteiger partial charge on any atom is 0.254 e. The van der Waals surface area contributed by atoms with Crippen molar-refractivity contribution in [2.45, 2.75) is 25.8 Å². The SMILES string of the molecule is COc1ccc(CNC(=O)C2=C(N3CCCC3)CCN(C(=O)c3ccccc3)C2)cc1OC. The Hall–Kier alpha value is -3.48. The van der Waals surface area contributed by atoms with Crippen LogP contribution in [0.2, 0.25) is 0 Å². The highest BCUT2D eigenvalue weighted by Crippen LogP contribution is 2.28. The number of benzene rings is 2. The minimum atomic E-state index is -0.128. The Kier molecular flexibility index (Phi) is 7.17. The van der Waals surface area contributed by atoms with E-state index in [1.807, 2.05) is 48.5 Å². The molecule has 0 aliphatic carbocycles. The monoisotopic (exact) mass is 449 g/mol. The molecule has 2 aliphatic heterocycles. The van der Waals surface area contributed by atoms with E-state index in [9.17, 15) is 9.59 Å². The molecule has 0 unspecified atom stereocenters. The molecule has 2 aliphatic rings. The third kappa shape index (κ3) is 5.13. The Morgan fingerprint density at radius 3 is 2.36 bits per heavy atom. The van der Waals surface area contributed by atoms with Crippen molar-refractivity contribution in [1.29, 1.82) is 0 Å². The van der Waals surface area contributed by atoms with Gasteiger partial charge >= 0.3 is 0 Å². The molecular weight excluding hydrogens is 418 g/mol. The first-order valence-electron chi connectivity index (χ1n) is 11.4. The van der Waals surface area contributed by atoms with Gasteiger partial charge in [-0.2, -0.15) is 0 Å². The van der Waals surface area contributed by atoms with Gasteiger partial charge in [0.05, 0.1) is 26.3 Å². The van der Waals surface area contributed by atoms with Crippen LogP contribution in [0.25, 0.3) is 0 Å². The number of hydrogen-bond donors (Lipinski definition) is 1. The van der Waals surface area contributed by atoms with Crippen molar-refractivity contribution >= 4 is 11.8 Å². The first-order chi connectivity index (χ1) is 16.1. The molecule has 1 fully saturated rings. The van der Waals surface area contributed by atoms with Gasteiger partial charge in [0, 0.05) is 43.9 Å². The van der Waals surface area contributed by atoms with E-state index in [0.29, 0.717) is 48.7 Å². The topological polar surface area (TPSA) is 71.1 Å². The highest BCUT2D eigenvalue weighted by molar-refractivity contribution is 5.98. The van der Waals surface area contributed by atoms with E-state index in [1.165, 1.54) is 0 Å². The Morgan fingerprint density at radius 1 is 0.939 bits per heavy atom. The average molecular weight is 450 g/mol. The highest BCUT2D eigenvalue weighted by Gasteiger charge is 2.30. The minimum Gasteiger partial charge on any atom is -0.493 e. The molecule has 0 bridgehead atoms. The summed E-state index contributed by atoms with van der Waals surface area (Å²) in [5, 5.41) is 3.05. The van der Waals surface area contributed by atoms with E-state index >= 15 is 0 Å². The van der Waals surface area contributed by atoms with Gasteiger partial charge in [0.2, 0.25) is 0 Å². The summed E-state index contributed by atoms with van der Waals surface area (Å²) in [7, 11) is 3.19. The highest BCUT2D eigenvalue weighted by atomic mass is 16.5. The van der Waals surface area contributed by atoms with E-state index in [0.717, 1.165) is 37.2 Å². The Bertz CT molecular complexity index is 1030. The fraction of sp³-hybridized carbons (Fsp3) is 0.385. The van der Waals surface area contributed by atoms with Crippen LogP contribution in [0.15, 0.2) is 59.8 Å². The summed E-state index contributed by atoms with van der Waals surface area (Å²) in [6.07, 6.45) is 2.96. The zero-order valence-corrected chi connectivity index (χ0v) is 19.3. The zero-order chi connectivity index (χ0) is 23.2. The van der Waals surface area contributed by atoms with Gasteiger partial charge < -0.3 is 24.6 Å². The number of ether oxygens (including phenoxy) is 2. The smallest absolute Gasteiger partial charge is 0.254 e. The van der Waals surface area contributed by atoms with Gasteiger partial charge in [-0.05, 0) is 42.7 Å². The van der Waals surface area contributed by atoms with E-state index in [-0.39, 0.29) is 11.8 Å². The largest absolute Gasteiger partial charge is 0.493 e. The standard InChI is InChI=1S/C26H31N3O4/c1-32-23-11-10-19(16-24(23)33-2)17-27-25(30)21-18-29(26(31)20-8-4-3-5-9-20)15-12-22(21)28-13-6-7-14-28/h3-5,8-11,16H,6-7,12-15,17-18H2,1-2H3,(H,27,30). The van der Waals surface area contributed by atoms with Crippen molar-refractivity contribution in [3.8, 4) is 11.5 Å². The molecule has 174 valence electrons. The van der Waals surface area contributed by atoms with Crippen molar-refractivity contribution < 1.29 is 19.1 Å². The summed E-state index contributed by atoms with van der Waals surface area (Å²) in [5.74, 6) is 1.10. The molecule has 1 saturated heterocycles. The lowest BCUT2D eigenvalue weighted by Gasteiger charge is -2.34. The zero-order valence-electron chi connectivity index (χ0n) is 19.3. The van der Waals surface area contributed by atoms with Crippen LogP contribution in [0, 0.1) is 0 Å². The first-order valence-corrected chi connectivity index (χ1v) is 11.4. The lowest BCUT2D eigenvalue weighted by atomic mass is 10.0. The van der Waals surface area contributed by atoms with E-state index in [1.54, 1.807) is 19.1 Å². The second-order valence-electron chi connectivity index (χ2n) is 8.33. The normalized spacial score (nSPS) is 16.1. The van der Waals surface area contributed by atoms with E-state index < -0.39 is 0 Å². The number of carbonyl (C=O) groups is 2. The van der Waals surface area contributed by atoms with Gasteiger partial charge in [0.25, 0.3) is 11.8 Å². The molecule has 1 N–H and O–H groups in total. The van der Waals surface area contributed by atoms with Gasteiger partial charge in [-0.1, -0.05) is 24.3 Å². The van der Waals surface area contributed by atoms with Crippen LogP contribution in [0.4, 0.5) is 0 Å². The average Bonchev–Trinajstić information content (AvgIpc) is 3.41. The number of hydrogen-bond acceptors (Lipinski definition) is 5. The second-order valence-corrected chi connectivity index (χ2v) is 8.33. The fourth-order valence-electron chi connectivity index (χ4n) is 4.51. The second kappa shape index (κ2) is 10.4. The number of nitrogens with one attached hydrogen (secondary N) is 1. The number of rotatable bonds is 7. The lowest BCUT2D eigenvalue weighted by molar-refractivity contribution is -0.118. The molecule has 2 aromatic rings. The van der Waals surface area contributed by atoms with Crippen LogP contribution in [-0.2, 0) is 11.3 Å². The summed E-state index contributed by atoms with van der Waals surface area (Å²) < 4.78 is 10.7. The van der Waals surface area contributed by atoms with Crippen molar-refractivity contribution in [1.82, 2.24) is 15.1 Å². The summed E-state index contributed by atoms with van der Waals surface area (Å²) in [6.45, 7) is 3.23. The van der Waals surface area contributed by atoms with Crippen molar-refractivity contribution in [3.63, 3.8) is 0 Å². The molecule has 7 heteroatoms. The third-order valence-electron chi connectivity index (χ3n) is 6.29. The van der Waals surface area contributed by atoms with Crippen LogP contribution in [0.5, 0.6) is 11.5 Å². The molecule has 2 aromatic carbocycles. The molecule has 0 spiro atoms. The Morgan fingerprint density at radius 2 is 1.67 bits per heavy atom. The minimum absolute atomic E-state index is 0.0405. The molecule has 7 nitrogen and oxygen atoms in total. The first kappa shape index (κ1) is 22.7. The molecular formula is C26H31N3O4. The number of likely N-dealkylation sites (tertiary alicyclic amines) is 1. The molecule has 0 atom stereocenters. The predicted octanol–water partition coefficient (Wildman–Crippen LogP) is 3.22. The Labute approximate surface area is 195 Å². The van der Waals surface area contributed by atoms with Crippen LogP contribution in [-0.4, -0.2) is 62.0 Å². The van der Waals surface area contributed by atoms with Crippen molar-refractivity contribution in [2.24, 2.45) is 0 Å². The lowest BCUT2D eigenvalue weighted by Crippen LogP contribution is -2.43. The van der Waals surface area contributed by atoms with E-state index in [4.69, 9.17) is 9.47 Å². The molecule has 33 heavy (non-hydrogen) atoms. The fourth-order valence-corrected chi connectivity index (χ4v) is 4.51. The van der Waals surface area contributed by atoms with Gasteiger partial charge in [-0.25, -0.2) is 0 Å². The van der Waals surface area contributed by atoms with Crippen LogP contribution >= 0.6 is 0 Å². The summed E-state index contributed by atoms with van der Waals surface area (Å²) in [6, 6.07) is 14.8. The van der Waals surface area contributed by atoms with Crippen LogP contribution in [0.1, 0.15) is 35.2 Å². The number of carbonyl (C=O) groups excluding carboxylic acids is 2. The molecule has 0 aromatic heterocycles.